The number of carbonyl (C=O) groups excluding carboxylic acids is 2. The molecule has 3 amide bonds. The first-order valence-electron chi connectivity index (χ1n) is 5.73. The number of urea groups is 1. The summed E-state index contributed by atoms with van der Waals surface area (Å²) in [6.45, 7) is 0. The van der Waals surface area contributed by atoms with E-state index in [0.29, 0.717) is 0 Å². The van der Waals surface area contributed by atoms with Crippen molar-refractivity contribution in [2.24, 2.45) is 0 Å². The summed E-state index contributed by atoms with van der Waals surface area (Å²) >= 11 is 0. The molecular formula is C14H12N2O2. The molecule has 18 heavy (non-hydrogen) atoms. The number of carbonyl (C=O) groups is 2. The van der Waals surface area contributed by atoms with Gasteiger partial charge in [-0.25, -0.2) is 4.79 Å². The molecule has 1 N–H and O–H groups in total. The highest BCUT2D eigenvalue weighted by atomic mass is 16.2. The Bertz CT molecular complexity index is 651. The van der Waals surface area contributed by atoms with Gasteiger partial charge in [-0.05, 0) is 22.4 Å². The van der Waals surface area contributed by atoms with Crippen molar-refractivity contribution in [2.75, 3.05) is 7.05 Å². The standard InChI is InChI=1S/C14H12N2O2/c1-16-12(13(17)15-14(16)18)11-7-6-9-4-2-3-5-10(9)8-11/h2-8,12H,1H3,(H,15,17,18)/t12-/m1/s1. The summed E-state index contributed by atoms with van der Waals surface area (Å²) < 4.78 is 0. The molecule has 1 fully saturated rings. The average molecular weight is 240 g/mol. The molecule has 3 rings (SSSR count). The van der Waals surface area contributed by atoms with Crippen LogP contribution in [-0.2, 0) is 4.79 Å². The molecule has 1 heterocycles. The molecule has 0 aromatic heterocycles. The second-order valence-corrected chi connectivity index (χ2v) is 4.41. The van der Waals surface area contributed by atoms with Crippen molar-refractivity contribution in [2.45, 2.75) is 6.04 Å². The summed E-state index contributed by atoms with van der Waals surface area (Å²) in [6.07, 6.45) is 0. The molecule has 1 aliphatic rings. The number of nitrogens with zero attached hydrogens (tertiary/aromatic N) is 1. The molecule has 0 unspecified atom stereocenters. The molecule has 90 valence electrons. The Balaban J connectivity index is 2.09. The summed E-state index contributed by atoms with van der Waals surface area (Å²) in [5.41, 5.74) is 0.833. The minimum absolute atomic E-state index is 0.266. The lowest BCUT2D eigenvalue weighted by atomic mass is 10.0. The molecule has 0 radical (unpaired) electrons. The van der Waals surface area contributed by atoms with Crippen LogP contribution in [0, 0.1) is 0 Å². The zero-order valence-electron chi connectivity index (χ0n) is 9.88. The van der Waals surface area contributed by atoms with E-state index in [-0.39, 0.29) is 11.9 Å². The minimum Gasteiger partial charge on any atom is -0.311 e. The van der Waals surface area contributed by atoms with E-state index < -0.39 is 6.04 Å². The number of imide groups is 1. The van der Waals surface area contributed by atoms with Crippen molar-refractivity contribution in [1.82, 2.24) is 10.2 Å². The summed E-state index contributed by atoms with van der Waals surface area (Å²) in [5, 5.41) is 4.50. The van der Waals surface area contributed by atoms with Gasteiger partial charge in [-0.2, -0.15) is 0 Å². The Morgan fingerprint density at radius 2 is 1.78 bits per heavy atom. The third-order valence-electron chi connectivity index (χ3n) is 3.28. The zero-order chi connectivity index (χ0) is 12.7. The van der Waals surface area contributed by atoms with Crippen LogP contribution in [0.5, 0.6) is 0 Å². The molecule has 0 bridgehead atoms. The van der Waals surface area contributed by atoms with Crippen LogP contribution in [0.4, 0.5) is 4.79 Å². The number of benzene rings is 2. The third kappa shape index (κ3) is 1.54. The highest BCUT2D eigenvalue weighted by Gasteiger charge is 2.36. The van der Waals surface area contributed by atoms with Gasteiger partial charge in [-0.3, -0.25) is 10.1 Å². The average Bonchev–Trinajstić information content (AvgIpc) is 2.63. The van der Waals surface area contributed by atoms with Gasteiger partial charge in [0, 0.05) is 7.05 Å². The van der Waals surface area contributed by atoms with Gasteiger partial charge in [0.2, 0.25) is 0 Å². The topological polar surface area (TPSA) is 49.4 Å². The Morgan fingerprint density at radius 3 is 2.44 bits per heavy atom. The number of nitrogens with one attached hydrogen (secondary N) is 1. The fraction of sp³-hybridized carbons (Fsp3) is 0.143. The highest BCUT2D eigenvalue weighted by Crippen LogP contribution is 2.26. The Morgan fingerprint density at radius 1 is 1.06 bits per heavy atom. The molecule has 1 aliphatic heterocycles. The molecule has 0 aliphatic carbocycles. The lowest BCUT2D eigenvalue weighted by Gasteiger charge is -2.16. The van der Waals surface area contributed by atoms with Gasteiger partial charge >= 0.3 is 6.03 Å². The van der Waals surface area contributed by atoms with Crippen LogP contribution in [0.25, 0.3) is 10.8 Å². The minimum atomic E-state index is -0.526. The van der Waals surface area contributed by atoms with Crippen LogP contribution in [0.1, 0.15) is 11.6 Å². The molecule has 0 saturated carbocycles. The van der Waals surface area contributed by atoms with E-state index in [4.69, 9.17) is 0 Å². The van der Waals surface area contributed by atoms with E-state index >= 15 is 0 Å². The normalized spacial score (nSPS) is 19.4. The molecule has 1 saturated heterocycles. The van der Waals surface area contributed by atoms with Gasteiger partial charge < -0.3 is 4.90 Å². The molecule has 0 spiro atoms. The van der Waals surface area contributed by atoms with Gasteiger partial charge in [0.15, 0.2) is 0 Å². The van der Waals surface area contributed by atoms with Crippen LogP contribution < -0.4 is 5.32 Å². The summed E-state index contributed by atoms with van der Waals surface area (Å²) in [7, 11) is 1.63. The maximum absolute atomic E-state index is 11.8. The van der Waals surface area contributed by atoms with Gasteiger partial charge in [0.25, 0.3) is 5.91 Å². The van der Waals surface area contributed by atoms with Crippen LogP contribution in [0.3, 0.4) is 0 Å². The highest BCUT2D eigenvalue weighted by molar-refractivity contribution is 6.04. The van der Waals surface area contributed by atoms with Gasteiger partial charge in [-0.1, -0.05) is 36.4 Å². The predicted molar refractivity (Wildman–Crippen MR) is 68.0 cm³/mol. The first-order valence-corrected chi connectivity index (χ1v) is 5.73. The van der Waals surface area contributed by atoms with E-state index in [1.54, 1.807) is 7.05 Å². The Kier molecular flexibility index (Phi) is 2.30. The van der Waals surface area contributed by atoms with Crippen molar-refractivity contribution >= 4 is 22.7 Å². The monoisotopic (exact) mass is 240 g/mol. The SMILES string of the molecule is CN1C(=O)NC(=O)[C@H]1c1ccc2ccccc2c1. The van der Waals surface area contributed by atoms with Gasteiger partial charge in [0.05, 0.1) is 0 Å². The van der Waals surface area contributed by atoms with Crippen molar-refractivity contribution in [3.05, 3.63) is 48.0 Å². The number of hydrogen-bond acceptors (Lipinski definition) is 2. The summed E-state index contributed by atoms with van der Waals surface area (Å²) in [6, 6.07) is 12.9. The largest absolute Gasteiger partial charge is 0.324 e. The number of rotatable bonds is 1. The predicted octanol–water partition coefficient (Wildman–Crippen LogP) is 2.06. The summed E-state index contributed by atoms with van der Waals surface area (Å²) in [5.74, 6) is -0.266. The second-order valence-electron chi connectivity index (χ2n) is 4.41. The summed E-state index contributed by atoms with van der Waals surface area (Å²) in [4.78, 5) is 24.6. The van der Waals surface area contributed by atoms with Crippen molar-refractivity contribution in [3.8, 4) is 0 Å². The van der Waals surface area contributed by atoms with Crippen molar-refractivity contribution in [3.63, 3.8) is 0 Å². The molecule has 4 heteroatoms. The van der Waals surface area contributed by atoms with E-state index in [2.05, 4.69) is 5.32 Å². The first-order chi connectivity index (χ1) is 8.66. The molecule has 1 atom stereocenters. The van der Waals surface area contributed by atoms with E-state index in [1.807, 2.05) is 42.5 Å². The zero-order valence-corrected chi connectivity index (χ0v) is 9.88. The Labute approximate surface area is 104 Å². The van der Waals surface area contributed by atoms with Crippen LogP contribution in [-0.4, -0.2) is 23.9 Å². The fourth-order valence-corrected chi connectivity index (χ4v) is 2.31. The third-order valence-corrected chi connectivity index (χ3v) is 3.28. The Hall–Kier alpha value is -2.36. The quantitative estimate of drug-likeness (QED) is 0.776. The van der Waals surface area contributed by atoms with Crippen molar-refractivity contribution < 1.29 is 9.59 Å². The van der Waals surface area contributed by atoms with Gasteiger partial charge in [-0.15, -0.1) is 0 Å². The maximum Gasteiger partial charge on any atom is 0.324 e. The van der Waals surface area contributed by atoms with E-state index in [1.165, 1.54) is 4.90 Å². The number of likely N-dealkylation sites (N-methyl/N-ethyl adjacent to an activating group) is 1. The number of hydrogen-bond donors (Lipinski definition) is 1. The van der Waals surface area contributed by atoms with Crippen LogP contribution >= 0.6 is 0 Å². The molecule has 2 aromatic rings. The van der Waals surface area contributed by atoms with Crippen LogP contribution in [0.2, 0.25) is 0 Å². The van der Waals surface area contributed by atoms with Crippen LogP contribution in [0.15, 0.2) is 42.5 Å². The lowest BCUT2D eigenvalue weighted by molar-refractivity contribution is -0.121. The van der Waals surface area contributed by atoms with E-state index in [9.17, 15) is 9.59 Å². The van der Waals surface area contributed by atoms with Crippen molar-refractivity contribution in [1.29, 1.82) is 0 Å². The van der Waals surface area contributed by atoms with Gasteiger partial charge in [0.1, 0.15) is 6.04 Å². The fourth-order valence-electron chi connectivity index (χ4n) is 2.31. The van der Waals surface area contributed by atoms with E-state index in [0.717, 1.165) is 16.3 Å². The second kappa shape index (κ2) is 3.84. The lowest BCUT2D eigenvalue weighted by Crippen LogP contribution is -2.25. The number of fused-ring (bicyclic) bond motifs is 1. The number of amides is 3. The maximum atomic E-state index is 11.8. The molecule has 2 aromatic carbocycles. The first kappa shape index (κ1) is 10.8. The molecule has 4 nitrogen and oxygen atoms in total. The molecular weight excluding hydrogens is 228 g/mol. The smallest absolute Gasteiger partial charge is 0.311 e.